The molecular weight excluding hydrogens is 244 g/mol. The molecule has 0 aliphatic carbocycles. The van der Waals surface area contributed by atoms with Gasteiger partial charge in [-0.1, -0.05) is 59.8 Å². The molecule has 0 saturated carbocycles. The van der Waals surface area contributed by atoms with E-state index >= 15 is 0 Å². The fraction of sp³-hybridized carbons (Fsp3) is 1.00. The molecule has 0 saturated heterocycles. The Morgan fingerprint density at radius 3 is 1.95 bits per heavy atom. The minimum absolute atomic E-state index is 0.253. The summed E-state index contributed by atoms with van der Waals surface area (Å²) in [4.78, 5) is 2.60. The van der Waals surface area contributed by atoms with Crippen molar-refractivity contribution in [1.29, 1.82) is 0 Å². The molecule has 122 valence electrons. The van der Waals surface area contributed by atoms with Crippen LogP contribution in [-0.4, -0.2) is 36.1 Å². The van der Waals surface area contributed by atoms with Crippen molar-refractivity contribution in [2.45, 2.75) is 98.1 Å². The summed E-state index contributed by atoms with van der Waals surface area (Å²) < 4.78 is 0. The number of nitrogens with one attached hydrogen (secondary N) is 1. The van der Waals surface area contributed by atoms with Gasteiger partial charge in [0.15, 0.2) is 0 Å². The first-order valence-electron chi connectivity index (χ1n) is 9.02. The van der Waals surface area contributed by atoms with Crippen molar-refractivity contribution >= 4 is 0 Å². The number of rotatable bonds is 13. The van der Waals surface area contributed by atoms with E-state index in [2.05, 4.69) is 51.8 Å². The first-order valence-corrected chi connectivity index (χ1v) is 9.02. The molecule has 0 amide bonds. The van der Waals surface area contributed by atoms with E-state index in [1.54, 1.807) is 0 Å². The van der Waals surface area contributed by atoms with Crippen LogP contribution in [0.3, 0.4) is 0 Å². The highest BCUT2D eigenvalue weighted by molar-refractivity contribution is 4.92. The molecule has 1 unspecified atom stereocenters. The summed E-state index contributed by atoms with van der Waals surface area (Å²) in [5.41, 5.74) is 0.253. The maximum atomic E-state index is 3.81. The van der Waals surface area contributed by atoms with Crippen LogP contribution in [0.2, 0.25) is 0 Å². The Morgan fingerprint density at radius 1 is 0.850 bits per heavy atom. The van der Waals surface area contributed by atoms with Gasteiger partial charge in [-0.05, 0) is 46.3 Å². The summed E-state index contributed by atoms with van der Waals surface area (Å²) in [5.74, 6) is 0. The quantitative estimate of drug-likeness (QED) is 0.487. The number of nitrogens with zero attached hydrogens (tertiary/aromatic N) is 1. The lowest BCUT2D eigenvalue weighted by molar-refractivity contribution is 0.0862. The van der Waals surface area contributed by atoms with E-state index in [0.717, 1.165) is 19.6 Å². The number of unbranched alkanes of at least 4 members (excludes halogenated alkanes) is 4. The Labute approximate surface area is 128 Å². The van der Waals surface area contributed by atoms with Crippen LogP contribution < -0.4 is 5.32 Å². The minimum atomic E-state index is 0.253. The van der Waals surface area contributed by atoms with Crippen molar-refractivity contribution in [1.82, 2.24) is 10.2 Å². The maximum absolute atomic E-state index is 3.81. The molecule has 0 heterocycles. The standard InChI is InChI=1S/C18H40N2/c1-7-11-12-13-14-15-17(19-16-8-2)18(5,6)20(9-3)10-4/h17,19H,7-16H2,1-6H3. The zero-order valence-electron chi connectivity index (χ0n) is 15.1. The average molecular weight is 285 g/mol. The number of hydrogen-bond donors (Lipinski definition) is 1. The molecule has 0 rings (SSSR count). The average Bonchev–Trinajstić information content (AvgIpc) is 2.42. The van der Waals surface area contributed by atoms with Gasteiger partial charge in [0.2, 0.25) is 0 Å². The summed E-state index contributed by atoms with van der Waals surface area (Å²) in [6.45, 7) is 17.4. The van der Waals surface area contributed by atoms with Crippen molar-refractivity contribution in [2.75, 3.05) is 19.6 Å². The molecular formula is C18H40N2. The molecule has 0 aromatic rings. The molecule has 0 fully saturated rings. The van der Waals surface area contributed by atoms with Gasteiger partial charge in [0.25, 0.3) is 0 Å². The first kappa shape index (κ1) is 19.9. The van der Waals surface area contributed by atoms with Gasteiger partial charge < -0.3 is 5.32 Å². The molecule has 2 nitrogen and oxygen atoms in total. The summed E-state index contributed by atoms with van der Waals surface area (Å²) in [5, 5.41) is 3.81. The van der Waals surface area contributed by atoms with Gasteiger partial charge >= 0.3 is 0 Å². The molecule has 0 aliphatic heterocycles. The number of likely N-dealkylation sites (N-methyl/N-ethyl adjacent to an activating group) is 1. The largest absolute Gasteiger partial charge is 0.312 e. The van der Waals surface area contributed by atoms with Crippen LogP contribution in [0.4, 0.5) is 0 Å². The van der Waals surface area contributed by atoms with Gasteiger partial charge in [-0.3, -0.25) is 4.90 Å². The van der Waals surface area contributed by atoms with E-state index in [1.807, 2.05) is 0 Å². The molecule has 0 spiro atoms. The Bertz CT molecular complexity index is 209. The zero-order chi connectivity index (χ0) is 15.4. The Kier molecular flexibility index (Phi) is 11.5. The second-order valence-corrected chi connectivity index (χ2v) is 6.54. The van der Waals surface area contributed by atoms with E-state index in [0.29, 0.717) is 6.04 Å². The predicted octanol–water partition coefficient (Wildman–Crippen LogP) is 4.84. The summed E-state index contributed by atoms with van der Waals surface area (Å²) in [6, 6.07) is 0.615. The van der Waals surface area contributed by atoms with Gasteiger partial charge in [-0.15, -0.1) is 0 Å². The molecule has 20 heavy (non-hydrogen) atoms. The minimum Gasteiger partial charge on any atom is -0.312 e. The number of hydrogen-bond acceptors (Lipinski definition) is 2. The van der Waals surface area contributed by atoms with Gasteiger partial charge in [-0.2, -0.15) is 0 Å². The van der Waals surface area contributed by atoms with E-state index in [1.165, 1.54) is 44.9 Å². The third kappa shape index (κ3) is 7.08. The van der Waals surface area contributed by atoms with Crippen molar-refractivity contribution in [2.24, 2.45) is 0 Å². The Hall–Kier alpha value is -0.0800. The predicted molar refractivity (Wildman–Crippen MR) is 92.5 cm³/mol. The zero-order valence-corrected chi connectivity index (χ0v) is 15.1. The molecule has 1 atom stereocenters. The third-order valence-electron chi connectivity index (χ3n) is 4.67. The van der Waals surface area contributed by atoms with Gasteiger partial charge in [0.05, 0.1) is 0 Å². The molecule has 0 aromatic heterocycles. The van der Waals surface area contributed by atoms with Crippen molar-refractivity contribution in [3.63, 3.8) is 0 Å². The van der Waals surface area contributed by atoms with Crippen LogP contribution in [-0.2, 0) is 0 Å². The van der Waals surface area contributed by atoms with Crippen LogP contribution in [0.5, 0.6) is 0 Å². The topological polar surface area (TPSA) is 15.3 Å². The fourth-order valence-electron chi connectivity index (χ4n) is 3.23. The highest BCUT2D eigenvalue weighted by Crippen LogP contribution is 2.23. The summed E-state index contributed by atoms with van der Waals surface area (Å²) in [6.07, 6.45) is 9.43. The van der Waals surface area contributed by atoms with Crippen molar-refractivity contribution in [3.8, 4) is 0 Å². The Morgan fingerprint density at radius 2 is 1.45 bits per heavy atom. The lowest BCUT2D eigenvalue weighted by Crippen LogP contribution is -2.57. The van der Waals surface area contributed by atoms with E-state index in [4.69, 9.17) is 0 Å². The highest BCUT2D eigenvalue weighted by Gasteiger charge is 2.32. The SMILES string of the molecule is CCCCCCCC(NCCC)C(C)(C)N(CC)CC. The summed E-state index contributed by atoms with van der Waals surface area (Å²) in [7, 11) is 0. The van der Waals surface area contributed by atoms with Crippen LogP contribution in [0.1, 0.15) is 86.5 Å². The molecule has 0 aromatic carbocycles. The third-order valence-corrected chi connectivity index (χ3v) is 4.67. The van der Waals surface area contributed by atoms with Crippen molar-refractivity contribution in [3.05, 3.63) is 0 Å². The van der Waals surface area contributed by atoms with E-state index in [-0.39, 0.29) is 5.54 Å². The highest BCUT2D eigenvalue weighted by atomic mass is 15.2. The normalized spacial score (nSPS) is 13.9. The molecule has 0 aliphatic rings. The second kappa shape index (κ2) is 11.6. The van der Waals surface area contributed by atoms with Crippen LogP contribution in [0.15, 0.2) is 0 Å². The van der Waals surface area contributed by atoms with Gasteiger partial charge in [0, 0.05) is 11.6 Å². The Balaban J connectivity index is 4.43. The molecule has 0 radical (unpaired) electrons. The van der Waals surface area contributed by atoms with Crippen LogP contribution in [0.25, 0.3) is 0 Å². The van der Waals surface area contributed by atoms with Gasteiger partial charge in [-0.25, -0.2) is 0 Å². The van der Waals surface area contributed by atoms with E-state index in [9.17, 15) is 0 Å². The monoisotopic (exact) mass is 284 g/mol. The lowest BCUT2D eigenvalue weighted by Gasteiger charge is -2.44. The maximum Gasteiger partial charge on any atom is 0.0306 e. The van der Waals surface area contributed by atoms with E-state index < -0.39 is 0 Å². The van der Waals surface area contributed by atoms with Crippen molar-refractivity contribution < 1.29 is 0 Å². The smallest absolute Gasteiger partial charge is 0.0306 e. The van der Waals surface area contributed by atoms with Crippen LogP contribution in [0, 0.1) is 0 Å². The fourth-order valence-corrected chi connectivity index (χ4v) is 3.23. The lowest BCUT2D eigenvalue weighted by atomic mass is 9.87. The first-order chi connectivity index (χ1) is 9.54. The van der Waals surface area contributed by atoms with Crippen LogP contribution >= 0.6 is 0 Å². The molecule has 0 bridgehead atoms. The molecule has 2 heteroatoms. The van der Waals surface area contributed by atoms with Gasteiger partial charge in [0.1, 0.15) is 0 Å². The summed E-state index contributed by atoms with van der Waals surface area (Å²) >= 11 is 0. The second-order valence-electron chi connectivity index (χ2n) is 6.54. The molecule has 1 N–H and O–H groups in total.